The molecule has 1 aromatic carbocycles. The molecule has 2 aromatic rings. The summed E-state index contributed by atoms with van der Waals surface area (Å²) in [6.07, 6.45) is 0. The van der Waals surface area contributed by atoms with Crippen LogP contribution in [-0.4, -0.2) is 4.57 Å². The first-order valence-corrected chi connectivity index (χ1v) is 5.11. The van der Waals surface area contributed by atoms with Gasteiger partial charge in [0.25, 0.3) is 0 Å². The van der Waals surface area contributed by atoms with Gasteiger partial charge in [0.15, 0.2) is 0 Å². The Balaban J connectivity index is 2.69. The van der Waals surface area contributed by atoms with Gasteiger partial charge in [-0.25, -0.2) is 0 Å². The van der Waals surface area contributed by atoms with E-state index in [2.05, 4.69) is 36.6 Å². The molecule has 0 radical (unpaired) electrons. The van der Waals surface area contributed by atoms with E-state index < -0.39 is 0 Å². The molecule has 0 amide bonds. The predicted molar refractivity (Wildman–Crippen MR) is 64.4 cm³/mol. The molecule has 0 saturated heterocycles. The highest BCUT2D eigenvalue weighted by atomic mass is 15.0. The van der Waals surface area contributed by atoms with Gasteiger partial charge in [-0.15, -0.1) is 0 Å². The molecule has 2 heteroatoms. The summed E-state index contributed by atoms with van der Waals surface area (Å²) in [4.78, 5) is 0. The fourth-order valence-electron chi connectivity index (χ4n) is 1.91. The van der Waals surface area contributed by atoms with Crippen LogP contribution < -0.4 is 5.73 Å². The van der Waals surface area contributed by atoms with E-state index in [1.807, 2.05) is 19.1 Å². The van der Waals surface area contributed by atoms with E-state index in [0.29, 0.717) is 0 Å². The van der Waals surface area contributed by atoms with Crippen LogP contribution in [0.3, 0.4) is 0 Å². The highest BCUT2D eigenvalue weighted by Crippen LogP contribution is 2.24. The quantitative estimate of drug-likeness (QED) is 0.705. The maximum absolute atomic E-state index is 6.09. The first-order valence-electron chi connectivity index (χ1n) is 5.11. The van der Waals surface area contributed by atoms with E-state index in [-0.39, 0.29) is 0 Å². The zero-order chi connectivity index (χ0) is 11.0. The SMILES string of the molecule is Cc1cccc(-n2c(C)ccc2C)c1N. The number of aromatic nitrogens is 1. The summed E-state index contributed by atoms with van der Waals surface area (Å²) in [6, 6.07) is 10.4. The normalized spacial score (nSPS) is 10.6. The van der Waals surface area contributed by atoms with Crippen molar-refractivity contribution in [1.29, 1.82) is 0 Å². The lowest BCUT2D eigenvalue weighted by Gasteiger charge is -2.13. The van der Waals surface area contributed by atoms with E-state index in [0.717, 1.165) is 16.9 Å². The number of anilines is 1. The Morgan fingerprint density at radius 3 is 2.13 bits per heavy atom. The van der Waals surface area contributed by atoms with Crippen LogP contribution in [-0.2, 0) is 0 Å². The Bertz CT molecular complexity index is 476. The molecule has 1 aromatic heterocycles. The topological polar surface area (TPSA) is 30.9 Å². The highest BCUT2D eigenvalue weighted by molar-refractivity contribution is 5.63. The number of hydrogen-bond donors (Lipinski definition) is 1. The molecule has 0 saturated carbocycles. The molecular formula is C13H16N2. The lowest BCUT2D eigenvalue weighted by atomic mass is 10.1. The zero-order valence-electron chi connectivity index (χ0n) is 9.41. The van der Waals surface area contributed by atoms with Crippen LogP contribution in [0.4, 0.5) is 5.69 Å². The summed E-state index contributed by atoms with van der Waals surface area (Å²) in [6.45, 7) is 6.22. The monoisotopic (exact) mass is 200 g/mol. The molecule has 0 bridgehead atoms. The summed E-state index contributed by atoms with van der Waals surface area (Å²) < 4.78 is 2.18. The molecule has 78 valence electrons. The van der Waals surface area contributed by atoms with E-state index in [4.69, 9.17) is 5.73 Å². The summed E-state index contributed by atoms with van der Waals surface area (Å²) in [5.74, 6) is 0. The Morgan fingerprint density at radius 1 is 0.933 bits per heavy atom. The molecule has 2 nitrogen and oxygen atoms in total. The molecule has 2 rings (SSSR count). The summed E-state index contributed by atoms with van der Waals surface area (Å²) in [5.41, 5.74) is 11.6. The molecule has 0 fully saturated rings. The van der Waals surface area contributed by atoms with Crippen LogP contribution in [0.1, 0.15) is 17.0 Å². The smallest absolute Gasteiger partial charge is 0.0687 e. The second-order valence-electron chi connectivity index (χ2n) is 3.96. The average molecular weight is 200 g/mol. The van der Waals surface area contributed by atoms with Gasteiger partial charge in [-0.05, 0) is 44.5 Å². The van der Waals surface area contributed by atoms with Crippen LogP contribution in [0.15, 0.2) is 30.3 Å². The van der Waals surface area contributed by atoms with Crippen molar-refractivity contribution in [1.82, 2.24) is 4.57 Å². The van der Waals surface area contributed by atoms with Crippen molar-refractivity contribution in [3.8, 4) is 5.69 Å². The molecule has 0 atom stereocenters. The van der Waals surface area contributed by atoms with Crippen molar-refractivity contribution in [3.63, 3.8) is 0 Å². The van der Waals surface area contributed by atoms with Gasteiger partial charge in [-0.3, -0.25) is 0 Å². The zero-order valence-corrected chi connectivity index (χ0v) is 9.41. The van der Waals surface area contributed by atoms with Crippen molar-refractivity contribution in [2.75, 3.05) is 5.73 Å². The standard InChI is InChI=1S/C13H16N2/c1-9-5-4-6-12(13(9)14)15-10(2)7-8-11(15)3/h4-8H,14H2,1-3H3. The summed E-state index contributed by atoms with van der Waals surface area (Å²) in [7, 11) is 0. The second-order valence-corrected chi connectivity index (χ2v) is 3.96. The third kappa shape index (κ3) is 1.52. The lowest BCUT2D eigenvalue weighted by molar-refractivity contribution is 0.967. The number of rotatable bonds is 1. The van der Waals surface area contributed by atoms with E-state index in [9.17, 15) is 0 Å². The van der Waals surface area contributed by atoms with Crippen molar-refractivity contribution in [2.24, 2.45) is 0 Å². The number of aryl methyl sites for hydroxylation is 3. The summed E-state index contributed by atoms with van der Waals surface area (Å²) in [5, 5.41) is 0. The van der Waals surface area contributed by atoms with Gasteiger partial charge < -0.3 is 10.3 Å². The van der Waals surface area contributed by atoms with Crippen LogP contribution in [0.25, 0.3) is 5.69 Å². The van der Waals surface area contributed by atoms with Crippen LogP contribution in [0.5, 0.6) is 0 Å². The summed E-state index contributed by atoms with van der Waals surface area (Å²) >= 11 is 0. The molecule has 0 aliphatic rings. The number of hydrogen-bond acceptors (Lipinski definition) is 1. The molecule has 2 N–H and O–H groups in total. The minimum Gasteiger partial charge on any atom is -0.397 e. The number of para-hydroxylation sites is 1. The van der Waals surface area contributed by atoms with E-state index in [1.54, 1.807) is 0 Å². The second kappa shape index (κ2) is 3.46. The van der Waals surface area contributed by atoms with Gasteiger partial charge >= 0.3 is 0 Å². The van der Waals surface area contributed by atoms with Gasteiger partial charge in [-0.2, -0.15) is 0 Å². The van der Waals surface area contributed by atoms with Gasteiger partial charge in [0, 0.05) is 11.4 Å². The fraction of sp³-hybridized carbons (Fsp3) is 0.231. The Hall–Kier alpha value is -1.70. The molecule has 0 spiro atoms. The minimum absolute atomic E-state index is 0.861. The maximum Gasteiger partial charge on any atom is 0.0687 e. The van der Waals surface area contributed by atoms with Gasteiger partial charge in [0.2, 0.25) is 0 Å². The fourth-order valence-corrected chi connectivity index (χ4v) is 1.91. The predicted octanol–water partition coefficient (Wildman–Crippen LogP) is 2.98. The van der Waals surface area contributed by atoms with Crippen molar-refractivity contribution in [3.05, 3.63) is 47.3 Å². The third-order valence-electron chi connectivity index (χ3n) is 2.81. The molecule has 1 heterocycles. The van der Waals surface area contributed by atoms with Crippen LogP contribution in [0, 0.1) is 20.8 Å². The first-order chi connectivity index (χ1) is 7.11. The Morgan fingerprint density at radius 2 is 1.53 bits per heavy atom. The Kier molecular flexibility index (Phi) is 2.27. The van der Waals surface area contributed by atoms with Gasteiger partial charge in [0.1, 0.15) is 0 Å². The lowest BCUT2D eigenvalue weighted by Crippen LogP contribution is -2.04. The van der Waals surface area contributed by atoms with Crippen LogP contribution >= 0.6 is 0 Å². The number of benzene rings is 1. The molecule has 0 unspecified atom stereocenters. The number of nitrogens with zero attached hydrogens (tertiary/aromatic N) is 1. The Labute approximate surface area is 90.3 Å². The molecule has 0 aliphatic heterocycles. The number of nitrogen functional groups attached to an aromatic ring is 1. The molecule has 15 heavy (non-hydrogen) atoms. The molecular weight excluding hydrogens is 184 g/mol. The maximum atomic E-state index is 6.09. The first kappa shape index (κ1) is 9.84. The average Bonchev–Trinajstić information content (AvgIpc) is 2.52. The third-order valence-corrected chi connectivity index (χ3v) is 2.81. The van der Waals surface area contributed by atoms with Crippen molar-refractivity contribution >= 4 is 5.69 Å². The number of nitrogens with two attached hydrogens (primary N) is 1. The van der Waals surface area contributed by atoms with Gasteiger partial charge in [0.05, 0.1) is 11.4 Å². The highest BCUT2D eigenvalue weighted by Gasteiger charge is 2.07. The largest absolute Gasteiger partial charge is 0.397 e. The van der Waals surface area contributed by atoms with E-state index >= 15 is 0 Å². The molecule has 0 aliphatic carbocycles. The van der Waals surface area contributed by atoms with Crippen molar-refractivity contribution < 1.29 is 0 Å². The van der Waals surface area contributed by atoms with Gasteiger partial charge in [-0.1, -0.05) is 12.1 Å². The van der Waals surface area contributed by atoms with Crippen LogP contribution in [0.2, 0.25) is 0 Å². The van der Waals surface area contributed by atoms with Crippen molar-refractivity contribution in [2.45, 2.75) is 20.8 Å². The minimum atomic E-state index is 0.861. The van der Waals surface area contributed by atoms with E-state index in [1.165, 1.54) is 11.4 Å².